The van der Waals surface area contributed by atoms with Gasteiger partial charge < -0.3 is 0 Å². The molecule has 1 aliphatic carbocycles. The van der Waals surface area contributed by atoms with Crippen LogP contribution >= 0.6 is 11.3 Å². The molecule has 0 fully saturated rings. The van der Waals surface area contributed by atoms with Crippen molar-refractivity contribution < 1.29 is 13.2 Å². The maximum Gasteiger partial charge on any atom is 0.416 e. The van der Waals surface area contributed by atoms with Crippen LogP contribution in [0.15, 0.2) is 40.8 Å². The summed E-state index contributed by atoms with van der Waals surface area (Å²) in [4.78, 5) is 10.9. The Morgan fingerprint density at radius 1 is 1.04 bits per heavy atom. The van der Waals surface area contributed by atoms with Crippen LogP contribution in [0, 0.1) is 0 Å². The van der Waals surface area contributed by atoms with Crippen molar-refractivity contribution in [3.05, 3.63) is 52.2 Å². The Bertz CT molecular complexity index is 961. The van der Waals surface area contributed by atoms with E-state index in [1.807, 2.05) is 0 Å². The van der Waals surface area contributed by atoms with E-state index in [0.29, 0.717) is 11.4 Å². The van der Waals surface area contributed by atoms with Gasteiger partial charge in [0.05, 0.1) is 17.5 Å². The zero-order valence-corrected chi connectivity index (χ0v) is 14.6. The highest BCUT2D eigenvalue weighted by molar-refractivity contribution is 7.18. The number of benzene rings is 1. The molecule has 3 aromatic rings. The third kappa shape index (κ3) is 3.33. The van der Waals surface area contributed by atoms with Crippen LogP contribution in [-0.4, -0.2) is 9.97 Å². The van der Waals surface area contributed by atoms with Crippen molar-refractivity contribution in [2.75, 3.05) is 0 Å². The van der Waals surface area contributed by atoms with E-state index in [-0.39, 0.29) is 6.54 Å². The van der Waals surface area contributed by atoms with Crippen LogP contribution in [0.3, 0.4) is 0 Å². The molecular formula is C18H15F3N4S. The number of aromatic nitrogens is 2. The molecule has 0 saturated heterocycles. The van der Waals surface area contributed by atoms with Gasteiger partial charge in [-0.2, -0.15) is 18.3 Å². The molecule has 8 heteroatoms. The average Bonchev–Trinajstić information content (AvgIpc) is 3.01. The number of thiophene rings is 1. The molecule has 0 amide bonds. The van der Waals surface area contributed by atoms with E-state index < -0.39 is 11.7 Å². The molecule has 0 unspecified atom stereocenters. The number of nitrogens with zero attached hydrogens (tertiary/aromatic N) is 4. The molecule has 0 radical (unpaired) electrons. The standard InChI is InChI=1S/C18H15F3N4S/c19-18(20,21)12-7-5-11(6-8-12)9-24-25-16-15-13-3-1-2-4-14(13)26-17(15)23-10-22-16/h5-8,10H,1-4,9H2. The van der Waals surface area contributed by atoms with E-state index in [4.69, 9.17) is 0 Å². The minimum absolute atomic E-state index is 0.204. The summed E-state index contributed by atoms with van der Waals surface area (Å²) in [5, 5.41) is 9.36. The van der Waals surface area contributed by atoms with Crippen molar-refractivity contribution in [3.63, 3.8) is 0 Å². The number of hydrogen-bond donors (Lipinski definition) is 0. The van der Waals surface area contributed by atoms with Gasteiger partial charge in [0.2, 0.25) is 0 Å². The Kier molecular flexibility index (Phi) is 4.44. The van der Waals surface area contributed by atoms with E-state index in [1.54, 1.807) is 11.3 Å². The second kappa shape index (κ2) is 6.75. The predicted octanol–water partition coefficient (Wildman–Crippen LogP) is 5.87. The lowest BCUT2D eigenvalue weighted by atomic mass is 9.97. The smallest absolute Gasteiger partial charge is 0.225 e. The Balaban J connectivity index is 1.56. The van der Waals surface area contributed by atoms with Crippen LogP contribution in [0.2, 0.25) is 0 Å². The summed E-state index contributed by atoms with van der Waals surface area (Å²) in [5.41, 5.74) is 1.28. The molecule has 0 bridgehead atoms. The van der Waals surface area contributed by atoms with Gasteiger partial charge in [-0.05, 0) is 48.9 Å². The number of hydrogen-bond acceptors (Lipinski definition) is 5. The fourth-order valence-corrected chi connectivity index (χ4v) is 4.36. The molecule has 0 spiro atoms. The van der Waals surface area contributed by atoms with Crippen molar-refractivity contribution in [3.8, 4) is 0 Å². The summed E-state index contributed by atoms with van der Waals surface area (Å²) in [7, 11) is 0. The highest BCUT2D eigenvalue weighted by Gasteiger charge is 2.29. The highest BCUT2D eigenvalue weighted by Crippen LogP contribution is 2.39. The van der Waals surface area contributed by atoms with Gasteiger partial charge in [-0.25, -0.2) is 9.97 Å². The first kappa shape index (κ1) is 17.1. The highest BCUT2D eigenvalue weighted by atomic mass is 32.1. The van der Waals surface area contributed by atoms with E-state index in [2.05, 4.69) is 20.2 Å². The van der Waals surface area contributed by atoms with E-state index in [1.165, 1.54) is 35.3 Å². The Labute approximate surface area is 151 Å². The zero-order valence-electron chi connectivity index (χ0n) is 13.8. The minimum Gasteiger partial charge on any atom is -0.225 e. The number of alkyl halides is 3. The Morgan fingerprint density at radius 3 is 2.58 bits per heavy atom. The molecular weight excluding hydrogens is 361 g/mol. The molecule has 2 aromatic heterocycles. The fourth-order valence-electron chi connectivity index (χ4n) is 3.13. The minimum atomic E-state index is -4.33. The molecule has 1 aliphatic rings. The summed E-state index contributed by atoms with van der Waals surface area (Å²) >= 11 is 1.69. The fraction of sp³-hybridized carbons (Fsp3) is 0.333. The number of azo groups is 1. The van der Waals surface area contributed by atoms with Gasteiger partial charge in [-0.3, -0.25) is 0 Å². The van der Waals surface area contributed by atoms with Crippen molar-refractivity contribution in [2.24, 2.45) is 10.2 Å². The lowest BCUT2D eigenvalue weighted by Gasteiger charge is -2.10. The lowest BCUT2D eigenvalue weighted by Crippen LogP contribution is -2.04. The molecule has 4 nitrogen and oxygen atoms in total. The van der Waals surface area contributed by atoms with Gasteiger partial charge in [0.15, 0.2) is 5.82 Å². The molecule has 0 atom stereocenters. The summed E-state index contributed by atoms with van der Waals surface area (Å²) in [6, 6.07) is 4.96. The molecule has 0 aliphatic heterocycles. The maximum absolute atomic E-state index is 12.6. The van der Waals surface area contributed by atoms with Gasteiger partial charge in [-0.15, -0.1) is 16.5 Å². The first-order valence-corrected chi connectivity index (χ1v) is 9.13. The third-order valence-electron chi connectivity index (χ3n) is 4.43. The van der Waals surface area contributed by atoms with Gasteiger partial charge >= 0.3 is 6.18 Å². The van der Waals surface area contributed by atoms with Crippen LogP contribution in [0.25, 0.3) is 10.2 Å². The van der Waals surface area contributed by atoms with Crippen molar-refractivity contribution in [2.45, 2.75) is 38.4 Å². The molecule has 1 aromatic carbocycles. The number of halogens is 3. The first-order valence-electron chi connectivity index (χ1n) is 8.31. The monoisotopic (exact) mass is 376 g/mol. The van der Waals surface area contributed by atoms with E-state index in [0.717, 1.165) is 41.6 Å². The topological polar surface area (TPSA) is 50.5 Å². The van der Waals surface area contributed by atoms with Crippen LogP contribution in [0.4, 0.5) is 19.0 Å². The van der Waals surface area contributed by atoms with Gasteiger partial charge in [0, 0.05) is 4.88 Å². The van der Waals surface area contributed by atoms with Crippen LogP contribution in [-0.2, 0) is 25.6 Å². The SMILES string of the molecule is FC(F)(F)c1ccc(CN=Nc2ncnc3sc4c(c23)CCCC4)cc1. The van der Waals surface area contributed by atoms with Crippen LogP contribution < -0.4 is 0 Å². The van der Waals surface area contributed by atoms with E-state index >= 15 is 0 Å². The third-order valence-corrected chi connectivity index (χ3v) is 5.63. The summed E-state index contributed by atoms with van der Waals surface area (Å²) < 4.78 is 37.8. The predicted molar refractivity (Wildman–Crippen MR) is 93.7 cm³/mol. The number of aryl methyl sites for hydroxylation is 2. The van der Waals surface area contributed by atoms with Gasteiger partial charge in [0.25, 0.3) is 0 Å². The summed E-state index contributed by atoms with van der Waals surface area (Å²) in [5.74, 6) is 0.543. The molecule has 2 heterocycles. The van der Waals surface area contributed by atoms with Crippen LogP contribution in [0.1, 0.15) is 34.4 Å². The average molecular weight is 376 g/mol. The summed E-state index contributed by atoms with van der Waals surface area (Å²) in [6.45, 7) is 0.204. The molecule has 4 rings (SSSR count). The quantitative estimate of drug-likeness (QED) is 0.537. The lowest BCUT2D eigenvalue weighted by molar-refractivity contribution is -0.137. The number of rotatable bonds is 3. The molecule has 134 valence electrons. The number of fused-ring (bicyclic) bond motifs is 3. The van der Waals surface area contributed by atoms with Gasteiger partial charge in [-0.1, -0.05) is 12.1 Å². The zero-order chi connectivity index (χ0) is 18.1. The summed E-state index contributed by atoms with van der Waals surface area (Å²) in [6.07, 6.45) is 1.57. The van der Waals surface area contributed by atoms with Gasteiger partial charge in [0.1, 0.15) is 11.2 Å². The maximum atomic E-state index is 12.6. The second-order valence-electron chi connectivity index (χ2n) is 6.18. The Morgan fingerprint density at radius 2 is 1.81 bits per heavy atom. The van der Waals surface area contributed by atoms with Crippen molar-refractivity contribution in [1.29, 1.82) is 0 Å². The Hall–Kier alpha value is -2.35. The van der Waals surface area contributed by atoms with Crippen molar-refractivity contribution >= 4 is 27.4 Å². The molecule has 0 saturated carbocycles. The first-order chi connectivity index (χ1) is 12.5. The second-order valence-corrected chi connectivity index (χ2v) is 7.27. The van der Waals surface area contributed by atoms with Crippen LogP contribution in [0.5, 0.6) is 0 Å². The normalized spacial score (nSPS) is 14.9. The molecule has 26 heavy (non-hydrogen) atoms. The molecule has 0 N–H and O–H groups in total. The van der Waals surface area contributed by atoms with Crippen molar-refractivity contribution in [1.82, 2.24) is 9.97 Å². The largest absolute Gasteiger partial charge is 0.416 e. The van der Waals surface area contributed by atoms with E-state index in [9.17, 15) is 13.2 Å².